The van der Waals surface area contributed by atoms with Crippen molar-refractivity contribution in [2.75, 3.05) is 38.1 Å². The summed E-state index contributed by atoms with van der Waals surface area (Å²) in [4.78, 5) is 17.2. The Morgan fingerprint density at radius 2 is 1.75 bits per heavy atom. The van der Waals surface area contributed by atoms with Gasteiger partial charge in [0.2, 0.25) is 0 Å². The van der Waals surface area contributed by atoms with Crippen molar-refractivity contribution >= 4 is 11.6 Å². The fourth-order valence-corrected chi connectivity index (χ4v) is 3.38. The molecule has 0 aromatic heterocycles. The second-order valence-corrected chi connectivity index (χ2v) is 7.40. The van der Waals surface area contributed by atoms with Gasteiger partial charge in [-0.1, -0.05) is 37.3 Å². The topological polar surface area (TPSA) is 44.8 Å². The van der Waals surface area contributed by atoms with Gasteiger partial charge in [-0.05, 0) is 49.7 Å². The lowest BCUT2D eigenvalue weighted by molar-refractivity contribution is -0.127. The molecule has 0 bridgehead atoms. The maximum Gasteiger partial charge on any atom is 0.261 e. The van der Waals surface area contributed by atoms with Gasteiger partial charge in [0.05, 0.1) is 0 Å². The zero-order chi connectivity index (χ0) is 19.9. The average molecular weight is 382 g/mol. The largest absolute Gasteiger partial charge is 0.481 e. The third-order valence-electron chi connectivity index (χ3n) is 5.30. The molecule has 5 heteroatoms. The van der Waals surface area contributed by atoms with Crippen LogP contribution in [0.1, 0.15) is 25.0 Å². The summed E-state index contributed by atoms with van der Waals surface area (Å²) in [6, 6.07) is 16.3. The second-order valence-electron chi connectivity index (χ2n) is 7.40. The zero-order valence-electron chi connectivity index (χ0n) is 17.1. The Morgan fingerprint density at radius 3 is 2.43 bits per heavy atom. The molecule has 0 saturated carbocycles. The number of para-hydroxylation sites is 1. The first kappa shape index (κ1) is 20.2. The molecule has 2 aromatic carbocycles. The number of hydrogen-bond donors (Lipinski definition) is 1. The van der Waals surface area contributed by atoms with Crippen LogP contribution in [0, 0.1) is 0 Å². The van der Waals surface area contributed by atoms with Gasteiger partial charge in [0.1, 0.15) is 5.75 Å². The number of rotatable bonds is 7. The predicted octanol–water partition coefficient (Wildman–Crippen LogP) is 3.08. The van der Waals surface area contributed by atoms with Crippen LogP contribution in [0.4, 0.5) is 5.69 Å². The number of anilines is 1. The minimum atomic E-state index is -0.530. The molecule has 2 aromatic rings. The Balaban J connectivity index is 1.50. The molecule has 1 heterocycles. The standard InChI is InChI=1S/C23H31N3O2/c1-4-20-7-5-6-8-22(20)28-18(2)23(27)24-17-19-9-11-21(12-10-19)26-15-13-25(3)14-16-26/h5-12,18H,4,13-17H2,1-3H3,(H,24,27). The van der Waals surface area contributed by atoms with Gasteiger partial charge < -0.3 is 19.9 Å². The highest BCUT2D eigenvalue weighted by Crippen LogP contribution is 2.20. The van der Waals surface area contributed by atoms with E-state index in [1.807, 2.05) is 24.3 Å². The third kappa shape index (κ3) is 5.26. The number of amides is 1. The van der Waals surface area contributed by atoms with Crippen LogP contribution in [-0.2, 0) is 17.8 Å². The van der Waals surface area contributed by atoms with E-state index in [0.717, 1.165) is 49.5 Å². The van der Waals surface area contributed by atoms with Gasteiger partial charge in [-0.25, -0.2) is 0 Å². The number of ether oxygens (including phenoxy) is 1. The fourth-order valence-electron chi connectivity index (χ4n) is 3.38. The van der Waals surface area contributed by atoms with Crippen molar-refractivity contribution in [1.82, 2.24) is 10.2 Å². The molecule has 28 heavy (non-hydrogen) atoms. The van der Waals surface area contributed by atoms with Crippen LogP contribution in [-0.4, -0.2) is 50.1 Å². The Morgan fingerprint density at radius 1 is 1.07 bits per heavy atom. The van der Waals surface area contributed by atoms with Gasteiger partial charge >= 0.3 is 0 Å². The van der Waals surface area contributed by atoms with E-state index in [0.29, 0.717) is 6.54 Å². The molecule has 1 fully saturated rings. The van der Waals surface area contributed by atoms with Crippen molar-refractivity contribution in [2.24, 2.45) is 0 Å². The van der Waals surface area contributed by atoms with Crippen molar-refractivity contribution in [2.45, 2.75) is 32.9 Å². The van der Waals surface area contributed by atoms with Crippen LogP contribution >= 0.6 is 0 Å². The molecular weight excluding hydrogens is 350 g/mol. The van der Waals surface area contributed by atoms with E-state index < -0.39 is 6.10 Å². The molecular formula is C23H31N3O2. The number of nitrogens with zero attached hydrogens (tertiary/aromatic N) is 2. The lowest BCUT2D eigenvalue weighted by Gasteiger charge is -2.34. The number of piperazine rings is 1. The van der Waals surface area contributed by atoms with Crippen molar-refractivity contribution in [3.05, 3.63) is 59.7 Å². The molecule has 1 saturated heterocycles. The number of carbonyl (C=O) groups is 1. The summed E-state index contributed by atoms with van der Waals surface area (Å²) in [5.41, 5.74) is 3.45. The summed E-state index contributed by atoms with van der Waals surface area (Å²) in [6.45, 7) is 8.68. The van der Waals surface area contributed by atoms with E-state index >= 15 is 0 Å². The third-order valence-corrected chi connectivity index (χ3v) is 5.30. The Labute approximate surface area is 168 Å². The van der Waals surface area contributed by atoms with Crippen molar-refractivity contribution in [3.8, 4) is 5.75 Å². The summed E-state index contributed by atoms with van der Waals surface area (Å²) in [6.07, 6.45) is 0.349. The van der Waals surface area contributed by atoms with Crippen LogP contribution in [0.3, 0.4) is 0 Å². The molecule has 0 aliphatic carbocycles. The Hall–Kier alpha value is -2.53. The summed E-state index contributed by atoms with van der Waals surface area (Å²) < 4.78 is 5.87. The highest BCUT2D eigenvalue weighted by Gasteiger charge is 2.16. The smallest absolute Gasteiger partial charge is 0.261 e. The minimum Gasteiger partial charge on any atom is -0.481 e. The van der Waals surface area contributed by atoms with Crippen molar-refractivity contribution in [3.63, 3.8) is 0 Å². The highest BCUT2D eigenvalue weighted by atomic mass is 16.5. The molecule has 5 nitrogen and oxygen atoms in total. The molecule has 1 N–H and O–H groups in total. The lowest BCUT2D eigenvalue weighted by atomic mass is 10.1. The molecule has 3 rings (SSSR count). The molecule has 1 unspecified atom stereocenters. The Kier molecular flexibility index (Phi) is 6.93. The summed E-state index contributed by atoms with van der Waals surface area (Å²) in [7, 11) is 2.16. The zero-order valence-corrected chi connectivity index (χ0v) is 17.1. The number of carbonyl (C=O) groups excluding carboxylic acids is 1. The predicted molar refractivity (Wildman–Crippen MR) is 114 cm³/mol. The van der Waals surface area contributed by atoms with E-state index in [1.54, 1.807) is 6.92 Å². The lowest BCUT2D eigenvalue weighted by Crippen LogP contribution is -2.44. The molecule has 1 atom stereocenters. The Bertz CT molecular complexity index is 768. The molecule has 1 aliphatic heterocycles. The number of benzene rings is 2. The van der Waals surface area contributed by atoms with E-state index in [4.69, 9.17) is 4.74 Å². The molecule has 0 radical (unpaired) electrons. The molecule has 150 valence electrons. The van der Waals surface area contributed by atoms with Crippen LogP contribution in [0.5, 0.6) is 5.75 Å². The number of hydrogen-bond acceptors (Lipinski definition) is 4. The van der Waals surface area contributed by atoms with Crippen LogP contribution in [0.25, 0.3) is 0 Å². The summed E-state index contributed by atoms with van der Waals surface area (Å²) >= 11 is 0. The normalized spacial score (nSPS) is 15.9. The highest BCUT2D eigenvalue weighted by molar-refractivity contribution is 5.80. The monoisotopic (exact) mass is 381 g/mol. The second kappa shape index (κ2) is 9.60. The summed E-state index contributed by atoms with van der Waals surface area (Å²) in [5, 5.41) is 2.98. The molecule has 1 amide bonds. The van der Waals surface area contributed by atoms with Gasteiger partial charge in [0.25, 0.3) is 5.91 Å². The van der Waals surface area contributed by atoms with Crippen LogP contribution < -0.4 is 15.0 Å². The maximum atomic E-state index is 12.4. The van der Waals surface area contributed by atoms with Crippen LogP contribution in [0.15, 0.2) is 48.5 Å². The maximum absolute atomic E-state index is 12.4. The van der Waals surface area contributed by atoms with E-state index in [-0.39, 0.29) is 5.91 Å². The molecule has 0 spiro atoms. The quantitative estimate of drug-likeness (QED) is 0.801. The molecule has 1 aliphatic rings. The van der Waals surface area contributed by atoms with Crippen molar-refractivity contribution < 1.29 is 9.53 Å². The van der Waals surface area contributed by atoms with Gasteiger partial charge in [0, 0.05) is 38.4 Å². The summed E-state index contributed by atoms with van der Waals surface area (Å²) in [5.74, 6) is 0.679. The van der Waals surface area contributed by atoms with Crippen LogP contribution in [0.2, 0.25) is 0 Å². The van der Waals surface area contributed by atoms with Gasteiger partial charge in [-0.2, -0.15) is 0 Å². The van der Waals surface area contributed by atoms with Gasteiger partial charge in [0.15, 0.2) is 6.10 Å². The van der Waals surface area contributed by atoms with Crippen molar-refractivity contribution in [1.29, 1.82) is 0 Å². The first-order chi connectivity index (χ1) is 13.6. The number of nitrogens with one attached hydrogen (secondary N) is 1. The number of likely N-dealkylation sites (N-methyl/N-ethyl adjacent to an activating group) is 1. The van der Waals surface area contributed by atoms with Gasteiger partial charge in [-0.15, -0.1) is 0 Å². The fraction of sp³-hybridized carbons (Fsp3) is 0.435. The SMILES string of the molecule is CCc1ccccc1OC(C)C(=O)NCc1ccc(N2CCN(C)CC2)cc1. The average Bonchev–Trinajstić information content (AvgIpc) is 2.73. The van der Waals surface area contributed by atoms with E-state index in [9.17, 15) is 4.79 Å². The van der Waals surface area contributed by atoms with E-state index in [2.05, 4.69) is 53.4 Å². The minimum absolute atomic E-state index is 0.103. The first-order valence-electron chi connectivity index (χ1n) is 10.1. The van der Waals surface area contributed by atoms with Gasteiger partial charge in [-0.3, -0.25) is 4.79 Å². The van der Waals surface area contributed by atoms with E-state index in [1.165, 1.54) is 5.69 Å². The first-order valence-corrected chi connectivity index (χ1v) is 10.1. The number of aryl methyl sites for hydroxylation is 1.